The van der Waals surface area contributed by atoms with Crippen LogP contribution in [-0.2, 0) is 16.0 Å². The van der Waals surface area contributed by atoms with Crippen LogP contribution >= 0.6 is 23.1 Å². The van der Waals surface area contributed by atoms with Crippen LogP contribution in [0.2, 0.25) is 0 Å². The van der Waals surface area contributed by atoms with Crippen molar-refractivity contribution in [3.05, 3.63) is 21.9 Å². The fraction of sp³-hybridized carbons (Fsp3) is 0.600. The number of carbonyl (C=O) groups is 2. The lowest BCUT2D eigenvalue weighted by molar-refractivity contribution is -0.143. The van der Waals surface area contributed by atoms with E-state index in [-0.39, 0.29) is 17.2 Å². The summed E-state index contributed by atoms with van der Waals surface area (Å²) in [7, 11) is 0. The Morgan fingerprint density at radius 2 is 2.24 bits per heavy atom. The first-order chi connectivity index (χ1) is 10.1. The molecule has 6 heteroatoms. The first-order valence-electron chi connectivity index (χ1n) is 7.29. The predicted octanol–water partition coefficient (Wildman–Crippen LogP) is 2.79. The van der Waals surface area contributed by atoms with Crippen LogP contribution < -0.4 is 0 Å². The maximum atomic E-state index is 12.9. The van der Waals surface area contributed by atoms with Crippen molar-refractivity contribution in [2.45, 2.75) is 37.5 Å². The zero-order valence-corrected chi connectivity index (χ0v) is 13.6. The molecule has 2 unspecified atom stereocenters. The first-order valence-corrected chi connectivity index (χ1v) is 9.22. The maximum Gasteiger partial charge on any atom is 0.308 e. The zero-order chi connectivity index (χ0) is 15.0. The number of thioether (sulfide) groups is 1. The zero-order valence-electron chi connectivity index (χ0n) is 11.9. The third kappa shape index (κ3) is 3.11. The summed E-state index contributed by atoms with van der Waals surface area (Å²) in [6.07, 6.45) is 3.05. The average Bonchev–Trinajstić information content (AvgIpc) is 3.19. The van der Waals surface area contributed by atoms with Gasteiger partial charge in [-0.25, -0.2) is 0 Å². The van der Waals surface area contributed by atoms with Gasteiger partial charge in [0.15, 0.2) is 0 Å². The van der Waals surface area contributed by atoms with Crippen molar-refractivity contribution in [2.75, 3.05) is 12.3 Å². The second kappa shape index (κ2) is 6.01. The highest BCUT2D eigenvalue weighted by atomic mass is 32.2. The minimum absolute atomic E-state index is 0.106. The van der Waals surface area contributed by atoms with Gasteiger partial charge in [0.25, 0.3) is 0 Å². The van der Waals surface area contributed by atoms with Gasteiger partial charge in [0.2, 0.25) is 5.91 Å². The third-order valence-electron chi connectivity index (χ3n) is 4.06. The highest BCUT2D eigenvalue weighted by Crippen LogP contribution is 2.42. The number of aliphatic carboxylic acids is 1. The summed E-state index contributed by atoms with van der Waals surface area (Å²) >= 11 is 3.42. The molecule has 2 aliphatic rings. The molecule has 1 aromatic rings. The molecule has 1 saturated carbocycles. The molecule has 1 aliphatic heterocycles. The van der Waals surface area contributed by atoms with Gasteiger partial charge in [0.1, 0.15) is 5.25 Å². The SMILES string of the molecule is CC(CN(C(=O)C1SCCc2sccc21)C1CC1)C(=O)O. The minimum Gasteiger partial charge on any atom is -0.481 e. The number of carboxylic acids is 1. The van der Waals surface area contributed by atoms with E-state index in [1.807, 2.05) is 4.90 Å². The smallest absolute Gasteiger partial charge is 0.308 e. The number of carbonyl (C=O) groups excluding carboxylic acids is 1. The van der Waals surface area contributed by atoms with Crippen molar-refractivity contribution in [3.8, 4) is 0 Å². The topological polar surface area (TPSA) is 57.6 Å². The number of aryl methyl sites for hydroxylation is 1. The molecule has 3 rings (SSSR count). The van der Waals surface area contributed by atoms with Gasteiger partial charge in [-0.1, -0.05) is 6.92 Å². The Bertz CT molecular complexity index is 553. The average molecular weight is 325 g/mol. The Hall–Kier alpha value is -1.01. The quantitative estimate of drug-likeness (QED) is 0.904. The van der Waals surface area contributed by atoms with E-state index >= 15 is 0 Å². The molecule has 0 bridgehead atoms. The van der Waals surface area contributed by atoms with Crippen LogP contribution in [0.5, 0.6) is 0 Å². The van der Waals surface area contributed by atoms with Crippen molar-refractivity contribution in [2.24, 2.45) is 5.92 Å². The molecule has 0 radical (unpaired) electrons. The van der Waals surface area contributed by atoms with Crippen LogP contribution in [0, 0.1) is 5.92 Å². The monoisotopic (exact) mass is 325 g/mol. The summed E-state index contributed by atoms with van der Waals surface area (Å²) in [5, 5.41) is 11.0. The van der Waals surface area contributed by atoms with Crippen molar-refractivity contribution in [1.29, 1.82) is 0 Å². The van der Waals surface area contributed by atoms with Crippen LogP contribution in [0.1, 0.15) is 35.5 Å². The van der Waals surface area contributed by atoms with E-state index < -0.39 is 11.9 Å². The second-order valence-corrected chi connectivity index (χ2v) is 7.97. The molecule has 1 aromatic heterocycles. The lowest BCUT2D eigenvalue weighted by atomic mass is 10.1. The molecule has 1 aliphatic carbocycles. The number of carboxylic acid groups (broad SMARTS) is 1. The number of rotatable bonds is 5. The van der Waals surface area contributed by atoms with Gasteiger partial charge >= 0.3 is 5.97 Å². The van der Waals surface area contributed by atoms with Gasteiger partial charge in [0.05, 0.1) is 5.92 Å². The van der Waals surface area contributed by atoms with E-state index in [0.717, 1.165) is 30.6 Å². The van der Waals surface area contributed by atoms with Gasteiger partial charge in [0, 0.05) is 17.5 Å². The summed E-state index contributed by atoms with van der Waals surface area (Å²) in [4.78, 5) is 27.1. The number of amides is 1. The van der Waals surface area contributed by atoms with E-state index in [4.69, 9.17) is 5.11 Å². The fourth-order valence-corrected chi connectivity index (χ4v) is 5.04. The van der Waals surface area contributed by atoms with Crippen LogP contribution in [-0.4, -0.2) is 40.2 Å². The molecule has 114 valence electrons. The lowest BCUT2D eigenvalue weighted by Gasteiger charge is -2.30. The van der Waals surface area contributed by atoms with Crippen molar-refractivity contribution < 1.29 is 14.7 Å². The van der Waals surface area contributed by atoms with Gasteiger partial charge in [-0.2, -0.15) is 0 Å². The molecule has 0 spiro atoms. The number of thiophene rings is 1. The maximum absolute atomic E-state index is 12.9. The Morgan fingerprint density at radius 1 is 1.48 bits per heavy atom. The van der Waals surface area contributed by atoms with Crippen molar-refractivity contribution in [3.63, 3.8) is 0 Å². The third-order valence-corrected chi connectivity index (χ3v) is 6.29. The van der Waals surface area contributed by atoms with Crippen LogP contribution in [0.3, 0.4) is 0 Å². The van der Waals surface area contributed by atoms with Gasteiger partial charge < -0.3 is 10.0 Å². The summed E-state index contributed by atoms with van der Waals surface area (Å²) < 4.78 is 0. The standard InChI is InChI=1S/C15H19NO3S2/c1-9(15(18)19)8-16(10-2-3-10)14(17)13-11-4-6-20-12(11)5-7-21-13/h4,6,9-10,13H,2-3,5,7-8H2,1H3,(H,18,19). The molecule has 0 saturated heterocycles. The largest absolute Gasteiger partial charge is 0.481 e. The summed E-state index contributed by atoms with van der Waals surface area (Å²) in [5.74, 6) is -0.266. The number of fused-ring (bicyclic) bond motifs is 1. The molecule has 4 nitrogen and oxygen atoms in total. The van der Waals surface area contributed by atoms with Crippen LogP contribution in [0.15, 0.2) is 11.4 Å². The van der Waals surface area contributed by atoms with E-state index in [2.05, 4.69) is 11.4 Å². The Labute approximate surface area is 132 Å². The Kier molecular flexibility index (Phi) is 4.26. The predicted molar refractivity (Wildman–Crippen MR) is 84.8 cm³/mol. The van der Waals surface area contributed by atoms with E-state index in [0.29, 0.717) is 6.54 Å². The molecule has 1 N–H and O–H groups in total. The van der Waals surface area contributed by atoms with Gasteiger partial charge in [-0.3, -0.25) is 9.59 Å². The Balaban J connectivity index is 1.78. The number of hydrogen-bond donors (Lipinski definition) is 1. The van der Waals surface area contributed by atoms with E-state index in [1.165, 1.54) is 4.88 Å². The highest BCUT2D eigenvalue weighted by Gasteiger charge is 2.39. The van der Waals surface area contributed by atoms with Gasteiger partial charge in [-0.05, 0) is 42.0 Å². The van der Waals surface area contributed by atoms with Gasteiger partial charge in [-0.15, -0.1) is 23.1 Å². The molecule has 2 atom stereocenters. The van der Waals surface area contributed by atoms with E-state index in [1.54, 1.807) is 30.0 Å². The molecule has 1 amide bonds. The summed E-state index contributed by atoms with van der Waals surface area (Å²) in [5.41, 5.74) is 1.15. The van der Waals surface area contributed by atoms with Crippen molar-refractivity contribution in [1.82, 2.24) is 4.90 Å². The number of hydrogen-bond acceptors (Lipinski definition) is 4. The fourth-order valence-electron chi connectivity index (χ4n) is 2.68. The molecule has 1 fully saturated rings. The molecular weight excluding hydrogens is 306 g/mol. The molecule has 21 heavy (non-hydrogen) atoms. The lowest BCUT2D eigenvalue weighted by Crippen LogP contribution is -2.41. The van der Waals surface area contributed by atoms with Crippen LogP contribution in [0.4, 0.5) is 0 Å². The normalized spacial score (nSPS) is 22.4. The molecule has 0 aromatic carbocycles. The minimum atomic E-state index is -0.832. The molecular formula is C15H19NO3S2. The Morgan fingerprint density at radius 3 is 2.90 bits per heavy atom. The molecule has 2 heterocycles. The number of nitrogens with zero attached hydrogens (tertiary/aromatic N) is 1. The summed E-state index contributed by atoms with van der Waals surface area (Å²) in [6, 6.07) is 2.31. The first kappa shape index (κ1) is 14.9. The second-order valence-electron chi connectivity index (χ2n) is 5.76. The van der Waals surface area contributed by atoms with Crippen molar-refractivity contribution >= 4 is 35.0 Å². The van der Waals surface area contributed by atoms with Crippen LogP contribution in [0.25, 0.3) is 0 Å². The summed E-state index contributed by atoms with van der Waals surface area (Å²) in [6.45, 7) is 2.00. The highest BCUT2D eigenvalue weighted by molar-refractivity contribution is 8.00. The van der Waals surface area contributed by atoms with E-state index in [9.17, 15) is 9.59 Å².